The van der Waals surface area contributed by atoms with E-state index in [1.165, 1.54) is 12.1 Å². The van der Waals surface area contributed by atoms with Crippen molar-refractivity contribution in [2.45, 2.75) is 0 Å². The zero-order valence-corrected chi connectivity index (χ0v) is 12.3. The van der Waals surface area contributed by atoms with Crippen LogP contribution in [-0.4, -0.2) is 31.2 Å². The van der Waals surface area contributed by atoms with Crippen LogP contribution in [0.3, 0.4) is 0 Å². The fraction of sp³-hybridized carbons (Fsp3) is 0.125. The quantitative estimate of drug-likeness (QED) is 0.810. The number of carboxylic acids is 1. The van der Waals surface area contributed by atoms with Crippen molar-refractivity contribution in [1.29, 1.82) is 0 Å². The minimum atomic E-state index is -1.04. The van der Waals surface area contributed by atoms with Crippen molar-refractivity contribution in [3.8, 4) is 0 Å². The average Bonchev–Trinajstić information content (AvgIpc) is 2.47. The Bertz CT molecular complexity index is 681. The van der Waals surface area contributed by atoms with E-state index in [2.05, 4.69) is 10.6 Å². The van der Waals surface area contributed by atoms with Crippen LogP contribution in [0.25, 0.3) is 0 Å². The van der Waals surface area contributed by atoms with E-state index in [-0.39, 0.29) is 5.56 Å². The van der Waals surface area contributed by atoms with Crippen LogP contribution in [0, 0.1) is 0 Å². The maximum atomic E-state index is 11.9. The first-order valence-electron chi connectivity index (χ1n) is 6.64. The van der Waals surface area contributed by atoms with E-state index in [0.29, 0.717) is 11.4 Å². The zero-order valence-electron chi connectivity index (χ0n) is 12.3. The van der Waals surface area contributed by atoms with E-state index in [0.717, 1.165) is 5.69 Å². The van der Waals surface area contributed by atoms with Crippen molar-refractivity contribution in [2.24, 2.45) is 0 Å². The Morgan fingerprint density at radius 3 is 2.18 bits per heavy atom. The lowest BCUT2D eigenvalue weighted by Crippen LogP contribution is -2.19. The molecule has 2 aromatic rings. The number of hydrogen-bond acceptors (Lipinski definition) is 3. The molecule has 0 aliphatic heterocycles. The van der Waals surface area contributed by atoms with Crippen molar-refractivity contribution in [3.63, 3.8) is 0 Å². The molecule has 0 heterocycles. The number of amides is 2. The second-order valence-electron chi connectivity index (χ2n) is 4.91. The summed E-state index contributed by atoms with van der Waals surface area (Å²) in [5.74, 6) is -1.04. The first kappa shape index (κ1) is 15.4. The molecule has 0 atom stereocenters. The van der Waals surface area contributed by atoms with Gasteiger partial charge in [-0.3, -0.25) is 0 Å². The highest BCUT2D eigenvalue weighted by Crippen LogP contribution is 2.16. The summed E-state index contributed by atoms with van der Waals surface area (Å²) in [5.41, 5.74) is 2.22. The van der Waals surface area contributed by atoms with Gasteiger partial charge in [0.15, 0.2) is 0 Å². The van der Waals surface area contributed by atoms with Gasteiger partial charge in [0.2, 0.25) is 0 Å². The third kappa shape index (κ3) is 3.99. The molecule has 0 radical (unpaired) electrons. The van der Waals surface area contributed by atoms with E-state index in [1.807, 2.05) is 31.1 Å². The summed E-state index contributed by atoms with van der Waals surface area (Å²) in [4.78, 5) is 24.7. The van der Waals surface area contributed by atoms with E-state index in [4.69, 9.17) is 5.11 Å². The standard InChI is InChI=1S/C16H17N3O3/c1-19(2)14-8-6-12(7-9-14)17-16(22)18-13-5-3-4-11(10-13)15(20)21/h3-10H,1-2H3,(H,20,21)(H2,17,18,22). The third-order valence-electron chi connectivity index (χ3n) is 3.01. The molecule has 0 bridgehead atoms. The van der Waals surface area contributed by atoms with Gasteiger partial charge in [-0.15, -0.1) is 0 Å². The Hall–Kier alpha value is -3.02. The zero-order chi connectivity index (χ0) is 16.1. The molecule has 0 aromatic heterocycles. The molecule has 0 unspecified atom stereocenters. The molecule has 2 aromatic carbocycles. The Kier molecular flexibility index (Phi) is 4.63. The highest BCUT2D eigenvalue weighted by atomic mass is 16.4. The van der Waals surface area contributed by atoms with Crippen LogP contribution >= 0.6 is 0 Å². The van der Waals surface area contributed by atoms with Gasteiger partial charge in [-0.2, -0.15) is 0 Å². The van der Waals surface area contributed by atoms with Crippen molar-refractivity contribution in [1.82, 2.24) is 0 Å². The van der Waals surface area contributed by atoms with E-state index < -0.39 is 12.0 Å². The third-order valence-corrected chi connectivity index (χ3v) is 3.01. The topological polar surface area (TPSA) is 81.7 Å². The molecule has 6 nitrogen and oxygen atoms in total. The highest BCUT2D eigenvalue weighted by molar-refractivity contribution is 6.00. The van der Waals surface area contributed by atoms with Crippen LogP contribution in [-0.2, 0) is 0 Å². The largest absolute Gasteiger partial charge is 0.478 e. The Morgan fingerprint density at radius 2 is 1.59 bits per heavy atom. The van der Waals surface area contributed by atoms with Crippen molar-refractivity contribution < 1.29 is 14.7 Å². The molecule has 2 rings (SSSR count). The maximum Gasteiger partial charge on any atom is 0.335 e. The fourth-order valence-electron chi connectivity index (χ4n) is 1.87. The van der Waals surface area contributed by atoms with Gasteiger partial charge in [-0.05, 0) is 42.5 Å². The Balaban J connectivity index is 2.00. The molecular weight excluding hydrogens is 282 g/mol. The number of carboxylic acid groups (broad SMARTS) is 1. The van der Waals surface area contributed by atoms with Gasteiger partial charge in [-0.1, -0.05) is 6.07 Å². The van der Waals surface area contributed by atoms with Crippen LogP contribution < -0.4 is 15.5 Å². The van der Waals surface area contributed by atoms with Gasteiger partial charge in [0.1, 0.15) is 0 Å². The van der Waals surface area contributed by atoms with Crippen molar-refractivity contribution in [3.05, 3.63) is 54.1 Å². The smallest absolute Gasteiger partial charge is 0.335 e. The molecular formula is C16H17N3O3. The summed E-state index contributed by atoms with van der Waals surface area (Å²) in [7, 11) is 3.87. The summed E-state index contributed by atoms with van der Waals surface area (Å²) >= 11 is 0. The van der Waals surface area contributed by atoms with Gasteiger partial charge >= 0.3 is 12.0 Å². The molecule has 22 heavy (non-hydrogen) atoms. The van der Waals surface area contributed by atoms with Gasteiger partial charge in [0, 0.05) is 31.2 Å². The number of nitrogens with one attached hydrogen (secondary N) is 2. The summed E-state index contributed by atoms with van der Waals surface area (Å²) in [6.45, 7) is 0. The molecule has 2 amide bonds. The molecule has 0 aliphatic carbocycles. The number of urea groups is 1. The molecule has 3 N–H and O–H groups in total. The van der Waals surface area contributed by atoms with Crippen molar-refractivity contribution >= 4 is 29.1 Å². The van der Waals surface area contributed by atoms with Gasteiger partial charge in [-0.25, -0.2) is 9.59 Å². The van der Waals surface area contributed by atoms with E-state index in [9.17, 15) is 9.59 Å². The average molecular weight is 299 g/mol. The molecule has 0 aliphatic rings. The number of carbonyl (C=O) groups excluding carboxylic acids is 1. The van der Waals surface area contributed by atoms with E-state index in [1.54, 1.807) is 24.3 Å². The number of hydrogen-bond donors (Lipinski definition) is 3. The minimum Gasteiger partial charge on any atom is -0.478 e. The highest BCUT2D eigenvalue weighted by Gasteiger charge is 2.06. The molecule has 0 saturated heterocycles. The Morgan fingerprint density at radius 1 is 0.955 bits per heavy atom. The lowest BCUT2D eigenvalue weighted by Gasteiger charge is -2.13. The number of aromatic carboxylic acids is 1. The monoisotopic (exact) mass is 299 g/mol. The predicted octanol–water partition coefficient (Wildman–Crippen LogP) is 3.09. The molecule has 0 fully saturated rings. The lowest BCUT2D eigenvalue weighted by atomic mass is 10.2. The van der Waals surface area contributed by atoms with E-state index >= 15 is 0 Å². The minimum absolute atomic E-state index is 0.119. The number of rotatable bonds is 4. The number of nitrogens with zero attached hydrogens (tertiary/aromatic N) is 1. The van der Waals surface area contributed by atoms with Gasteiger partial charge in [0.05, 0.1) is 5.56 Å². The summed E-state index contributed by atoms with van der Waals surface area (Å²) < 4.78 is 0. The van der Waals surface area contributed by atoms with Crippen LogP contribution in [0.1, 0.15) is 10.4 Å². The Labute approximate surface area is 128 Å². The fourth-order valence-corrected chi connectivity index (χ4v) is 1.87. The first-order valence-corrected chi connectivity index (χ1v) is 6.64. The van der Waals surface area contributed by atoms with Crippen LogP contribution in [0.2, 0.25) is 0 Å². The van der Waals surface area contributed by atoms with Crippen LogP contribution in [0.15, 0.2) is 48.5 Å². The van der Waals surface area contributed by atoms with Gasteiger partial charge in [0.25, 0.3) is 0 Å². The summed E-state index contributed by atoms with van der Waals surface area (Å²) in [6, 6.07) is 13.0. The molecule has 6 heteroatoms. The van der Waals surface area contributed by atoms with Gasteiger partial charge < -0.3 is 20.6 Å². The second kappa shape index (κ2) is 6.62. The predicted molar refractivity (Wildman–Crippen MR) is 86.8 cm³/mol. The number of anilines is 3. The second-order valence-corrected chi connectivity index (χ2v) is 4.91. The lowest BCUT2D eigenvalue weighted by molar-refractivity contribution is 0.0697. The molecule has 0 spiro atoms. The number of benzene rings is 2. The molecule has 114 valence electrons. The molecule has 0 saturated carbocycles. The summed E-state index contributed by atoms with van der Waals surface area (Å²) in [6.07, 6.45) is 0. The van der Waals surface area contributed by atoms with Crippen molar-refractivity contribution in [2.75, 3.05) is 29.6 Å². The normalized spacial score (nSPS) is 9.91. The van der Waals surface area contributed by atoms with Crippen LogP contribution in [0.5, 0.6) is 0 Å². The maximum absolute atomic E-state index is 11.9. The summed E-state index contributed by atoms with van der Waals surface area (Å²) in [5, 5.41) is 14.2. The SMILES string of the molecule is CN(C)c1ccc(NC(=O)Nc2cccc(C(=O)O)c2)cc1. The first-order chi connectivity index (χ1) is 10.5. The van der Waals surface area contributed by atoms with Crippen LogP contribution in [0.4, 0.5) is 21.9 Å². The number of carbonyl (C=O) groups is 2.